The second-order valence-electron chi connectivity index (χ2n) is 24.4. The van der Waals surface area contributed by atoms with E-state index in [1.54, 1.807) is 0 Å². The lowest BCUT2D eigenvalue weighted by Crippen LogP contribution is -2.18. The highest BCUT2D eigenvalue weighted by molar-refractivity contribution is 6.14. The molecule has 0 saturated heterocycles. The molecule has 13 aromatic rings. The minimum Gasteiger partial charge on any atom is -0.455 e. The Labute approximate surface area is 440 Å². The maximum absolute atomic E-state index is 6.91. The Morgan fingerprint density at radius 2 is 0.632 bits per heavy atom. The molecule has 0 spiro atoms. The summed E-state index contributed by atoms with van der Waals surface area (Å²) in [7, 11) is 0. The van der Waals surface area contributed by atoms with Crippen molar-refractivity contribution in [3.8, 4) is 44.5 Å². The van der Waals surface area contributed by atoms with Gasteiger partial charge in [-0.1, -0.05) is 159 Å². The Balaban J connectivity index is 0.835. The van der Waals surface area contributed by atoms with E-state index in [9.17, 15) is 0 Å². The van der Waals surface area contributed by atoms with E-state index in [4.69, 9.17) is 13.3 Å². The molecule has 10 aromatic carbocycles. The topological polar surface area (TPSA) is 42.7 Å². The standard InChI is InChI=1S/C72H53NO3/c1-69(2)52-30-28-46-43-17-10-13-22-62(43)75-67(46)64(52)50-36-56-48(34-58(50)69)40-26-24-38(32-54(40)71(56,5)6)73(60-20-15-19-45-42-16-9-12-21-61(42)74-66(45)60)39-25-27-41-49-35-59-51(37-57(49)72(7,8)55(41)33-39)65-53(70(59,3)4)31-29-47-44-18-11-14-23-63(44)76-68(47)65/h9-37H,1-8H3. The number of hydrogen-bond acceptors (Lipinski definition) is 4. The van der Waals surface area contributed by atoms with Crippen molar-refractivity contribution in [2.45, 2.75) is 77.0 Å². The van der Waals surface area contributed by atoms with E-state index in [-0.39, 0.29) is 21.7 Å². The van der Waals surface area contributed by atoms with Crippen LogP contribution in [0.25, 0.3) is 110 Å². The summed E-state index contributed by atoms with van der Waals surface area (Å²) in [6.07, 6.45) is 0. The lowest BCUT2D eigenvalue weighted by Gasteiger charge is -2.29. The van der Waals surface area contributed by atoms with Gasteiger partial charge in [0.05, 0.1) is 5.69 Å². The van der Waals surface area contributed by atoms with Crippen LogP contribution >= 0.6 is 0 Å². The van der Waals surface area contributed by atoms with Crippen LogP contribution in [0.15, 0.2) is 189 Å². The zero-order chi connectivity index (χ0) is 51.1. The normalized spacial score (nSPS) is 16.3. The Bertz CT molecular complexity index is 4580. The average molecular weight is 980 g/mol. The molecule has 0 saturated carbocycles. The fraction of sp³-hybridized carbons (Fsp3) is 0.167. The van der Waals surface area contributed by atoms with Crippen molar-refractivity contribution in [1.29, 1.82) is 0 Å². The number of benzene rings is 10. The van der Waals surface area contributed by atoms with E-state index in [0.717, 1.165) is 72.1 Å². The Morgan fingerprint density at radius 3 is 1.09 bits per heavy atom. The summed E-state index contributed by atoms with van der Waals surface area (Å²) < 4.78 is 20.4. The van der Waals surface area contributed by atoms with E-state index < -0.39 is 0 Å². The zero-order valence-electron chi connectivity index (χ0n) is 43.9. The third kappa shape index (κ3) is 5.11. The van der Waals surface area contributed by atoms with Crippen LogP contribution in [-0.2, 0) is 21.7 Å². The molecule has 0 radical (unpaired) electrons. The summed E-state index contributed by atoms with van der Waals surface area (Å²) in [4.78, 5) is 2.46. The van der Waals surface area contributed by atoms with Gasteiger partial charge >= 0.3 is 0 Å². The van der Waals surface area contributed by atoms with Crippen molar-refractivity contribution >= 4 is 82.9 Å². The van der Waals surface area contributed by atoms with Gasteiger partial charge in [-0.2, -0.15) is 0 Å². The first kappa shape index (κ1) is 42.7. The molecule has 0 aliphatic heterocycles. The van der Waals surface area contributed by atoms with Gasteiger partial charge in [-0.15, -0.1) is 0 Å². The fourth-order valence-electron chi connectivity index (χ4n) is 15.0. The molecule has 0 fully saturated rings. The van der Waals surface area contributed by atoms with Gasteiger partial charge < -0.3 is 18.2 Å². The van der Waals surface area contributed by atoms with Gasteiger partial charge in [-0.25, -0.2) is 0 Å². The van der Waals surface area contributed by atoms with E-state index >= 15 is 0 Å². The van der Waals surface area contributed by atoms with Crippen LogP contribution in [0.5, 0.6) is 0 Å². The fourth-order valence-corrected chi connectivity index (χ4v) is 15.0. The lowest BCUT2D eigenvalue weighted by atomic mass is 9.79. The third-order valence-corrected chi connectivity index (χ3v) is 19.1. The van der Waals surface area contributed by atoms with Crippen molar-refractivity contribution in [3.05, 3.63) is 220 Å². The van der Waals surface area contributed by atoms with E-state index in [0.29, 0.717) is 0 Å². The molecule has 4 aliphatic rings. The van der Waals surface area contributed by atoms with Gasteiger partial charge in [-0.3, -0.25) is 0 Å². The molecule has 4 heteroatoms. The molecule has 4 aliphatic carbocycles. The minimum atomic E-state index is -0.302. The first-order chi connectivity index (χ1) is 36.7. The van der Waals surface area contributed by atoms with Gasteiger partial charge in [0.25, 0.3) is 0 Å². The largest absolute Gasteiger partial charge is 0.455 e. The Hall–Kier alpha value is -8.60. The Morgan fingerprint density at radius 1 is 0.276 bits per heavy atom. The van der Waals surface area contributed by atoms with E-state index in [1.807, 2.05) is 0 Å². The maximum atomic E-state index is 6.91. The summed E-state index contributed by atoms with van der Waals surface area (Å²) >= 11 is 0. The van der Waals surface area contributed by atoms with Gasteiger partial charge in [0.2, 0.25) is 0 Å². The van der Waals surface area contributed by atoms with Crippen LogP contribution in [0.2, 0.25) is 0 Å². The molecule has 0 bridgehead atoms. The molecule has 17 rings (SSSR count). The monoisotopic (exact) mass is 979 g/mol. The predicted octanol–water partition coefficient (Wildman–Crippen LogP) is 20.1. The minimum absolute atomic E-state index is 0.204. The Kier molecular flexibility index (Phi) is 7.76. The third-order valence-electron chi connectivity index (χ3n) is 19.1. The molecule has 4 nitrogen and oxygen atoms in total. The summed E-state index contributed by atoms with van der Waals surface area (Å²) in [6, 6.07) is 65.6. The number of nitrogens with zero attached hydrogens (tertiary/aromatic N) is 1. The van der Waals surface area contributed by atoms with Crippen LogP contribution < -0.4 is 4.90 Å². The molecular formula is C72H53NO3. The number of hydrogen-bond donors (Lipinski definition) is 0. The number of fused-ring (bicyclic) bond motifs is 23. The van der Waals surface area contributed by atoms with Crippen molar-refractivity contribution in [3.63, 3.8) is 0 Å². The van der Waals surface area contributed by atoms with Gasteiger partial charge in [0, 0.05) is 76.5 Å². The highest BCUT2D eigenvalue weighted by Crippen LogP contribution is 2.61. The molecule has 0 N–H and O–H groups in total. The molecule has 3 heterocycles. The molecule has 0 amide bonds. The van der Waals surface area contributed by atoms with Crippen LogP contribution in [0.4, 0.5) is 17.1 Å². The smallest absolute Gasteiger partial charge is 0.159 e. The second kappa shape index (κ2) is 13.8. The summed E-state index contributed by atoms with van der Waals surface area (Å²) in [5.74, 6) is 0. The molecule has 0 atom stereocenters. The molecular weight excluding hydrogens is 927 g/mol. The molecule has 0 unspecified atom stereocenters. The predicted molar refractivity (Wildman–Crippen MR) is 313 cm³/mol. The summed E-state index contributed by atoms with van der Waals surface area (Å²) in [5.41, 5.74) is 28.7. The van der Waals surface area contributed by atoms with E-state index in [1.165, 1.54) is 99.8 Å². The zero-order valence-corrected chi connectivity index (χ0v) is 43.9. The van der Waals surface area contributed by atoms with E-state index in [2.05, 4.69) is 236 Å². The average Bonchev–Trinajstić information content (AvgIpc) is 4.44. The van der Waals surface area contributed by atoms with Crippen molar-refractivity contribution < 1.29 is 13.3 Å². The van der Waals surface area contributed by atoms with Gasteiger partial charge in [0.15, 0.2) is 5.58 Å². The first-order valence-corrected chi connectivity index (χ1v) is 27.0. The second-order valence-corrected chi connectivity index (χ2v) is 24.4. The molecule has 364 valence electrons. The number of rotatable bonds is 3. The SMILES string of the molecule is CC1(C)c2cc(N(c3ccc4c(c3)C(C)(C)c3cc5c(cc3-4)C(C)(C)c3ccc4c(oc6ccccc64)c3-5)c3cccc4c3oc3ccccc34)ccc2-c2cc3c(cc21)-c1c(ccc2c1oc1ccccc12)C3(C)C. The summed E-state index contributed by atoms with van der Waals surface area (Å²) in [6.45, 7) is 19.1. The first-order valence-electron chi connectivity index (χ1n) is 27.0. The molecule has 76 heavy (non-hydrogen) atoms. The van der Waals surface area contributed by atoms with Crippen molar-refractivity contribution in [2.75, 3.05) is 4.90 Å². The number of para-hydroxylation sites is 4. The highest BCUT2D eigenvalue weighted by Gasteiger charge is 2.45. The van der Waals surface area contributed by atoms with Crippen molar-refractivity contribution in [1.82, 2.24) is 0 Å². The van der Waals surface area contributed by atoms with Crippen molar-refractivity contribution in [2.24, 2.45) is 0 Å². The quantitative estimate of drug-likeness (QED) is 0.177. The highest BCUT2D eigenvalue weighted by atomic mass is 16.3. The maximum Gasteiger partial charge on any atom is 0.159 e. The summed E-state index contributed by atoms with van der Waals surface area (Å²) in [5, 5.41) is 6.89. The van der Waals surface area contributed by atoms with Crippen LogP contribution in [0.3, 0.4) is 0 Å². The van der Waals surface area contributed by atoms with Crippen LogP contribution in [0.1, 0.15) is 99.9 Å². The van der Waals surface area contributed by atoms with Gasteiger partial charge in [0.1, 0.15) is 27.9 Å². The van der Waals surface area contributed by atoms with Gasteiger partial charge in [-0.05, 0) is 151 Å². The molecule has 3 aromatic heterocycles. The van der Waals surface area contributed by atoms with Crippen LogP contribution in [0, 0.1) is 0 Å². The lowest BCUT2D eigenvalue weighted by molar-refractivity contribution is 0.649. The number of furan rings is 3. The van der Waals surface area contributed by atoms with Crippen LogP contribution in [-0.4, -0.2) is 0 Å². The number of anilines is 3.